The number of amidine groups is 2. The predicted octanol–water partition coefficient (Wildman–Crippen LogP) is 4.74. The molecule has 0 spiro atoms. The first kappa shape index (κ1) is 27.7. The number of fused-ring (bicyclic) bond motifs is 2. The molecule has 0 saturated carbocycles. The van der Waals surface area contributed by atoms with Crippen LogP contribution in [-0.4, -0.2) is 49.2 Å². The number of esters is 2. The number of ether oxygens (including phenoxy) is 2. The molecule has 8 nitrogen and oxygen atoms in total. The minimum atomic E-state index is -0.695. The normalized spacial score (nSPS) is 20.8. The van der Waals surface area contributed by atoms with Gasteiger partial charge in [-0.2, -0.15) is 0 Å². The van der Waals surface area contributed by atoms with Crippen molar-refractivity contribution in [2.45, 2.75) is 64.5 Å². The highest BCUT2D eigenvalue weighted by Crippen LogP contribution is 2.29. The fourth-order valence-corrected chi connectivity index (χ4v) is 5.93. The van der Waals surface area contributed by atoms with Gasteiger partial charge in [0, 0.05) is 25.2 Å². The van der Waals surface area contributed by atoms with Crippen LogP contribution in [0.5, 0.6) is 0 Å². The average Bonchev–Trinajstić information content (AvgIpc) is 3.60. The van der Waals surface area contributed by atoms with Gasteiger partial charge in [-0.05, 0) is 74.6 Å². The zero-order valence-electron chi connectivity index (χ0n) is 24.1. The Hall–Kier alpha value is -4.46. The Balaban J connectivity index is 0.958. The zero-order chi connectivity index (χ0) is 29.1. The molecule has 2 aromatic rings. The first-order valence-electron chi connectivity index (χ1n) is 14.7. The third-order valence-corrected chi connectivity index (χ3v) is 8.08. The van der Waals surface area contributed by atoms with Crippen molar-refractivity contribution in [1.29, 1.82) is 0 Å². The summed E-state index contributed by atoms with van der Waals surface area (Å²) in [6.07, 6.45) is 12.3. The van der Waals surface area contributed by atoms with Gasteiger partial charge >= 0.3 is 11.9 Å². The van der Waals surface area contributed by atoms with Crippen molar-refractivity contribution < 1.29 is 19.1 Å². The fourth-order valence-electron chi connectivity index (χ4n) is 5.93. The minimum absolute atomic E-state index is 0.00184. The first-order valence-corrected chi connectivity index (χ1v) is 14.7. The van der Waals surface area contributed by atoms with Crippen LogP contribution >= 0.6 is 0 Å². The second kappa shape index (κ2) is 12.2. The maximum absolute atomic E-state index is 12.3. The summed E-state index contributed by atoms with van der Waals surface area (Å²) in [6.45, 7) is 5.41. The monoisotopic (exact) mass is 564 g/mol. The Kier molecular flexibility index (Phi) is 8.04. The molecule has 0 amide bonds. The Bertz CT molecular complexity index is 1450. The van der Waals surface area contributed by atoms with Crippen LogP contribution in [0.2, 0.25) is 0 Å². The molecule has 42 heavy (non-hydrogen) atoms. The van der Waals surface area contributed by atoms with Gasteiger partial charge in [-0.25, -0.2) is 19.6 Å². The molecule has 8 heteroatoms. The summed E-state index contributed by atoms with van der Waals surface area (Å²) < 4.78 is 10.6. The van der Waals surface area contributed by atoms with E-state index in [9.17, 15) is 9.59 Å². The standard InChI is InChI=1S/C34H36N4O4/c1-21-3-7-25-9-5-23(15-27(25)13-21)17-29-19-35-33(37-29)41-31(39)11-12-32(40)42-34-36-20-30(38-34)18-24-6-10-26-8-4-22(2)14-28(26)16-24/h3-4,7-8,11-16,29-30H,5-6,9-10,17-20H2,1-2H3,(H,35,37)(H,36,38)/b12-11+. The second-order valence-electron chi connectivity index (χ2n) is 11.5. The summed E-state index contributed by atoms with van der Waals surface area (Å²) in [5, 5.41) is 6.09. The topological polar surface area (TPSA) is 101 Å². The van der Waals surface area contributed by atoms with Gasteiger partial charge in [0.05, 0.1) is 12.1 Å². The SMILES string of the molecule is Cc1ccc2c(c1)C=C(CC1CNC(OC(=O)/C=C/C(=O)OC3=NC(CC4=Cc5cc(C)ccc5CC4)CN3)=N1)CC2. The highest BCUT2D eigenvalue weighted by Gasteiger charge is 2.24. The Morgan fingerprint density at radius 1 is 0.738 bits per heavy atom. The van der Waals surface area contributed by atoms with E-state index >= 15 is 0 Å². The molecule has 0 fully saturated rings. The van der Waals surface area contributed by atoms with E-state index < -0.39 is 11.9 Å². The lowest BCUT2D eigenvalue weighted by Gasteiger charge is -2.18. The van der Waals surface area contributed by atoms with Crippen molar-refractivity contribution in [1.82, 2.24) is 10.6 Å². The zero-order valence-corrected chi connectivity index (χ0v) is 24.1. The van der Waals surface area contributed by atoms with E-state index in [1.54, 1.807) is 0 Å². The van der Waals surface area contributed by atoms with Crippen molar-refractivity contribution in [2.75, 3.05) is 13.1 Å². The van der Waals surface area contributed by atoms with Crippen LogP contribution in [0, 0.1) is 13.8 Å². The molecule has 2 aliphatic heterocycles. The Morgan fingerprint density at radius 2 is 1.19 bits per heavy atom. The summed E-state index contributed by atoms with van der Waals surface area (Å²) in [5.74, 6) is -1.39. The number of carbonyl (C=O) groups is 2. The number of hydrogen-bond donors (Lipinski definition) is 2. The number of nitrogens with zero attached hydrogens (tertiary/aromatic N) is 2. The van der Waals surface area contributed by atoms with E-state index in [1.807, 2.05) is 0 Å². The number of aryl methyl sites for hydroxylation is 4. The lowest BCUT2D eigenvalue weighted by Crippen LogP contribution is -2.26. The van der Waals surface area contributed by atoms with Gasteiger partial charge in [0.25, 0.3) is 12.0 Å². The molecule has 4 aliphatic rings. The van der Waals surface area contributed by atoms with Crippen LogP contribution in [0.25, 0.3) is 12.2 Å². The lowest BCUT2D eigenvalue weighted by atomic mass is 9.88. The quantitative estimate of drug-likeness (QED) is 0.388. The molecule has 2 atom stereocenters. The van der Waals surface area contributed by atoms with Gasteiger partial charge in [0.15, 0.2) is 0 Å². The molecule has 0 radical (unpaired) electrons. The van der Waals surface area contributed by atoms with E-state index in [0.717, 1.165) is 50.7 Å². The summed E-state index contributed by atoms with van der Waals surface area (Å²) in [5.41, 5.74) is 10.5. The van der Waals surface area contributed by atoms with Gasteiger partial charge in [-0.3, -0.25) is 0 Å². The smallest absolute Gasteiger partial charge is 0.338 e. The Morgan fingerprint density at radius 3 is 1.64 bits per heavy atom. The number of rotatable bonds is 6. The molecule has 0 saturated heterocycles. The average molecular weight is 565 g/mol. The number of nitrogens with one attached hydrogen (secondary N) is 2. The molecular formula is C34H36N4O4. The van der Waals surface area contributed by atoms with Gasteiger partial charge in [-0.1, -0.05) is 70.8 Å². The van der Waals surface area contributed by atoms with Crippen molar-refractivity contribution in [3.8, 4) is 0 Å². The van der Waals surface area contributed by atoms with Gasteiger partial charge in [0.2, 0.25) is 0 Å². The molecule has 2 N–H and O–H groups in total. The largest absolute Gasteiger partial charge is 0.389 e. The van der Waals surface area contributed by atoms with E-state index in [-0.39, 0.29) is 24.1 Å². The summed E-state index contributed by atoms with van der Waals surface area (Å²) >= 11 is 0. The minimum Gasteiger partial charge on any atom is -0.389 e. The maximum Gasteiger partial charge on any atom is 0.338 e. The van der Waals surface area contributed by atoms with Crippen molar-refractivity contribution in [3.63, 3.8) is 0 Å². The van der Waals surface area contributed by atoms with Gasteiger partial charge in [0.1, 0.15) is 0 Å². The molecular weight excluding hydrogens is 528 g/mol. The van der Waals surface area contributed by atoms with Crippen LogP contribution in [0.4, 0.5) is 0 Å². The van der Waals surface area contributed by atoms with Crippen molar-refractivity contribution in [3.05, 3.63) is 93.1 Å². The highest BCUT2D eigenvalue weighted by molar-refractivity contribution is 6.00. The van der Waals surface area contributed by atoms with Crippen LogP contribution in [-0.2, 0) is 31.9 Å². The van der Waals surface area contributed by atoms with Gasteiger partial charge in [-0.15, -0.1) is 0 Å². The van der Waals surface area contributed by atoms with Crippen molar-refractivity contribution in [2.24, 2.45) is 9.98 Å². The van der Waals surface area contributed by atoms with E-state index in [1.165, 1.54) is 44.5 Å². The molecule has 0 aromatic heterocycles. The molecule has 216 valence electrons. The number of hydrogen-bond acceptors (Lipinski definition) is 8. The van der Waals surface area contributed by atoms with Gasteiger partial charge < -0.3 is 20.1 Å². The number of benzene rings is 2. The summed E-state index contributed by atoms with van der Waals surface area (Å²) in [6, 6.07) is 13.5. The van der Waals surface area contributed by atoms with E-state index in [4.69, 9.17) is 9.47 Å². The Labute approximate surface area is 246 Å². The number of carbonyl (C=O) groups excluding carboxylic acids is 2. The molecule has 2 unspecified atom stereocenters. The highest BCUT2D eigenvalue weighted by atomic mass is 16.6. The van der Waals surface area contributed by atoms with E-state index in [2.05, 4.69) is 83.0 Å². The van der Waals surface area contributed by atoms with E-state index in [0.29, 0.717) is 13.1 Å². The lowest BCUT2D eigenvalue weighted by molar-refractivity contribution is -0.132. The fraction of sp³-hybridized carbons (Fsp3) is 0.353. The third-order valence-electron chi connectivity index (χ3n) is 8.08. The van der Waals surface area contributed by atoms with Crippen LogP contribution in [0.1, 0.15) is 59.1 Å². The molecule has 2 aromatic carbocycles. The third kappa shape index (κ3) is 6.87. The summed E-state index contributed by atoms with van der Waals surface area (Å²) in [4.78, 5) is 33.6. The first-order chi connectivity index (χ1) is 20.4. The maximum atomic E-state index is 12.3. The van der Waals surface area contributed by atoms with Crippen LogP contribution in [0.3, 0.4) is 0 Å². The molecule has 6 rings (SSSR count). The number of aliphatic imine (C=N–C) groups is 2. The van der Waals surface area contributed by atoms with Crippen LogP contribution in [0.15, 0.2) is 69.7 Å². The predicted molar refractivity (Wildman–Crippen MR) is 164 cm³/mol. The van der Waals surface area contributed by atoms with Crippen molar-refractivity contribution >= 4 is 36.1 Å². The summed E-state index contributed by atoms with van der Waals surface area (Å²) in [7, 11) is 0. The molecule has 2 aliphatic carbocycles. The molecule has 2 heterocycles. The second-order valence-corrected chi connectivity index (χ2v) is 11.5. The van der Waals surface area contributed by atoms with Crippen LogP contribution < -0.4 is 10.6 Å². The molecule has 0 bridgehead atoms.